The lowest BCUT2D eigenvalue weighted by Crippen LogP contribution is -2.18. The number of amides is 1. The summed E-state index contributed by atoms with van der Waals surface area (Å²) in [5.41, 5.74) is 3.17. The van der Waals surface area contributed by atoms with Gasteiger partial charge in [0.1, 0.15) is 5.82 Å². The molecular formula is C11H10BrFN2O. The Morgan fingerprint density at radius 1 is 1.56 bits per heavy atom. The van der Waals surface area contributed by atoms with E-state index in [-0.39, 0.29) is 17.6 Å². The molecule has 1 aromatic rings. The highest BCUT2D eigenvalue weighted by molar-refractivity contribution is 9.10. The lowest BCUT2D eigenvalue weighted by Gasteiger charge is -1.97. The zero-order valence-corrected chi connectivity index (χ0v) is 10.00. The molecule has 16 heavy (non-hydrogen) atoms. The van der Waals surface area contributed by atoms with Crippen LogP contribution < -0.4 is 5.43 Å². The van der Waals surface area contributed by atoms with E-state index in [4.69, 9.17) is 0 Å². The van der Waals surface area contributed by atoms with Gasteiger partial charge in [-0.2, -0.15) is 5.10 Å². The van der Waals surface area contributed by atoms with E-state index in [1.807, 2.05) is 0 Å². The van der Waals surface area contributed by atoms with Crippen molar-refractivity contribution < 1.29 is 9.18 Å². The molecule has 3 nitrogen and oxygen atoms in total. The molecule has 0 spiro atoms. The van der Waals surface area contributed by atoms with Gasteiger partial charge in [0, 0.05) is 5.92 Å². The van der Waals surface area contributed by atoms with E-state index in [9.17, 15) is 9.18 Å². The van der Waals surface area contributed by atoms with Gasteiger partial charge in [-0.05, 0) is 46.5 Å². The third kappa shape index (κ3) is 2.88. The summed E-state index contributed by atoms with van der Waals surface area (Å²) in [6, 6.07) is 4.53. The van der Waals surface area contributed by atoms with Gasteiger partial charge in [0.15, 0.2) is 0 Å². The summed E-state index contributed by atoms with van der Waals surface area (Å²) in [5, 5.41) is 3.81. The normalized spacial score (nSPS) is 15.4. The summed E-state index contributed by atoms with van der Waals surface area (Å²) >= 11 is 3.08. The maximum Gasteiger partial charge on any atom is 0.243 e. The molecule has 0 bridgehead atoms. The van der Waals surface area contributed by atoms with Crippen LogP contribution in [0.1, 0.15) is 18.4 Å². The second-order valence-corrected chi connectivity index (χ2v) is 4.54. The molecule has 2 rings (SSSR count). The minimum Gasteiger partial charge on any atom is -0.273 e. The number of hydrogen-bond acceptors (Lipinski definition) is 2. The van der Waals surface area contributed by atoms with E-state index in [1.54, 1.807) is 12.1 Å². The third-order valence-corrected chi connectivity index (χ3v) is 2.89. The van der Waals surface area contributed by atoms with Gasteiger partial charge in [0.05, 0.1) is 10.7 Å². The van der Waals surface area contributed by atoms with E-state index < -0.39 is 0 Å². The van der Waals surface area contributed by atoms with Crippen LogP contribution in [0.15, 0.2) is 27.8 Å². The third-order valence-electron chi connectivity index (χ3n) is 2.28. The number of halogens is 2. The van der Waals surface area contributed by atoms with Crippen molar-refractivity contribution in [1.29, 1.82) is 0 Å². The summed E-state index contributed by atoms with van der Waals surface area (Å²) in [6.45, 7) is 0. The average molecular weight is 285 g/mol. The van der Waals surface area contributed by atoms with Crippen LogP contribution >= 0.6 is 15.9 Å². The second kappa shape index (κ2) is 4.74. The molecule has 5 heteroatoms. The number of rotatable bonds is 3. The number of nitrogens with one attached hydrogen (secondary N) is 1. The molecule has 1 fully saturated rings. The van der Waals surface area contributed by atoms with Crippen molar-refractivity contribution in [1.82, 2.24) is 5.43 Å². The van der Waals surface area contributed by atoms with Gasteiger partial charge in [-0.25, -0.2) is 9.82 Å². The fourth-order valence-electron chi connectivity index (χ4n) is 1.20. The number of carbonyl (C=O) groups is 1. The predicted octanol–water partition coefficient (Wildman–Crippen LogP) is 2.45. The Kier molecular flexibility index (Phi) is 3.33. The van der Waals surface area contributed by atoms with Crippen LogP contribution in [-0.4, -0.2) is 12.1 Å². The zero-order chi connectivity index (χ0) is 11.5. The summed E-state index contributed by atoms with van der Waals surface area (Å²) in [4.78, 5) is 11.2. The maximum atomic E-state index is 12.9. The molecule has 0 aromatic heterocycles. The molecule has 1 aliphatic carbocycles. The summed E-state index contributed by atoms with van der Waals surface area (Å²) in [6.07, 6.45) is 3.39. The summed E-state index contributed by atoms with van der Waals surface area (Å²) in [5.74, 6) is -0.228. The van der Waals surface area contributed by atoms with Gasteiger partial charge in [-0.1, -0.05) is 6.07 Å². The minimum absolute atomic E-state index is 0.0440. The van der Waals surface area contributed by atoms with Gasteiger partial charge in [-0.15, -0.1) is 0 Å². The Balaban J connectivity index is 1.94. The molecule has 0 aliphatic heterocycles. The molecule has 0 unspecified atom stereocenters. The van der Waals surface area contributed by atoms with Crippen molar-refractivity contribution in [3.63, 3.8) is 0 Å². The molecule has 1 N–H and O–H groups in total. The first kappa shape index (κ1) is 11.3. The SMILES string of the molecule is O=C(N/N=C/c1ccc(F)c(Br)c1)C1CC1. The Bertz CT molecular complexity index is 444. The highest BCUT2D eigenvalue weighted by Gasteiger charge is 2.29. The number of carbonyl (C=O) groups excluding carboxylic acids is 1. The zero-order valence-electron chi connectivity index (χ0n) is 8.41. The molecule has 0 heterocycles. The van der Waals surface area contributed by atoms with Crippen LogP contribution in [0.2, 0.25) is 0 Å². The van der Waals surface area contributed by atoms with Crippen molar-refractivity contribution in [3.05, 3.63) is 34.1 Å². The molecular weight excluding hydrogens is 275 g/mol. The van der Waals surface area contributed by atoms with Gasteiger partial charge in [0.25, 0.3) is 0 Å². The Morgan fingerprint density at radius 3 is 2.94 bits per heavy atom. The van der Waals surface area contributed by atoms with E-state index >= 15 is 0 Å². The second-order valence-electron chi connectivity index (χ2n) is 3.68. The minimum atomic E-state index is -0.320. The topological polar surface area (TPSA) is 41.5 Å². The molecule has 0 saturated heterocycles. The van der Waals surface area contributed by atoms with Crippen LogP contribution in [0, 0.1) is 11.7 Å². The smallest absolute Gasteiger partial charge is 0.243 e. The maximum absolute atomic E-state index is 12.9. The molecule has 1 aliphatic rings. The highest BCUT2D eigenvalue weighted by atomic mass is 79.9. The standard InChI is InChI=1S/C11H10BrFN2O/c12-9-5-7(1-4-10(9)13)6-14-15-11(16)8-2-3-8/h1,4-6,8H,2-3H2,(H,15,16)/b14-6+. The molecule has 0 atom stereocenters. The van der Waals surface area contributed by atoms with Gasteiger partial charge in [0.2, 0.25) is 5.91 Å². The van der Waals surface area contributed by atoms with Crippen molar-refractivity contribution in [2.75, 3.05) is 0 Å². The number of benzene rings is 1. The van der Waals surface area contributed by atoms with Gasteiger partial charge < -0.3 is 0 Å². The van der Waals surface area contributed by atoms with Crippen LogP contribution in [-0.2, 0) is 4.79 Å². The van der Waals surface area contributed by atoms with E-state index in [1.165, 1.54) is 12.3 Å². The monoisotopic (exact) mass is 284 g/mol. The van der Waals surface area contributed by atoms with Crippen molar-refractivity contribution in [3.8, 4) is 0 Å². The molecule has 1 aromatic carbocycles. The Morgan fingerprint density at radius 2 is 2.31 bits per heavy atom. The summed E-state index contributed by atoms with van der Waals surface area (Å²) < 4.78 is 13.3. The van der Waals surface area contributed by atoms with Crippen molar-refractivity contribution >= 4 is 28.1 Å². The Labute approximate surface area is 101 Å². The number of hydrazone groups is 1. The van der Waals surface area contributed by atoms with Gasteiger partial charge in [-0.3, -0.25) is 4.79 Å². The average Bonchev–Trinajstić information content (AvgIpc) is 3.07. The van der Waals surface area contributed by atoms with E-state index in [2.05, 4.69) is 26.5 Å². The first-order valence-electron chi connectivity index (χ1n) is 4.95. The number of hydrogen-bond donors (Lipinski definition) is 1. The first-order valence-corrected chi connectivity index (χ1v) is 5.74. The van der Waals surface area contributed by atoms with Crippen molar-refractivity contribution in [2.45, 2.75) is 12.8 Å². The molecule has 1 amide bonds. The first-order chi connectivity index (χ1) is 7.66. The lowest BCUT2D eigenvalue weighted by molar-refractivity contribution is -0.122. The Hall–Kier alpha value is -1.23. The molecule has 0 radical (unpaired) electrons. The molecule has 84 valence electrons. The van der Waals surface area contributed by atoms with Crippen molar-refractivity contribution in [2.24, 2.45) is 11.0 Å². The van der Waals surface area contributed by atoms with Gasteiger partial charge >= 0.3 is 0 Å². The lowest BCUT2D eigenvalue weighted by atomic mass is 10.2. The predicted molar refractivity (Wildman–Crippen MR) is 62.6 cm³/mol. The van der Waals surface area contributed by atoms with Crippen LogP contribution in [0.4, 0.5) is 4.39 Å². The number of nitrogens with zero attached hydrogens (tertiary/aromatic N) is 1. The highest BCUT2D eigenvalue weighted by Crippen LogP contribution is 2.28. The van der Waals surface area contributed by atoms with E-state index in [0.717, 1.165) is 18.4 Å². The van der Waals surface area contributed by atoms with Crippen LogP contribution in [0.5, 0.6) is 0 Å². The fourth-order valence-corrected chi connectivity index (χ4v) is 1.60. The largest absolute Gasteiger partial charge is 0.273 e. The van der Waals surface area contributed by atoms with Crippen LogP contribution in [0.3, 0.4) is 0 Å². The summed E-state index contributed by atoms with van der Waals surface area (Å²) in [7, 11) is 0. The van der Waals surface area contributed by atoms with Crippen LogP contribution in [0.25, 0.3) is 0 Å². The quantitative estimate of drug-likeness (QED) is 0.672. The fraction of sp³-hybridized carbons (Fsp3) is 0.273. The van der Waals surface area contributed by atoms with E-state index in [0.29, 0.717) is 4.47 Å². The molecule has 1 saturated carbocycles.